The zero-order valence-electron chi connectivity index (χ0n) is 13.1. The molecular weight excluding hydrogens is 358 g/mol. The Balaban J connectivity index is 1.89. The first-order chi connectivity index (χ1) is 12.0. The number of benzene rings is 1. The van der Waals surface area contributed by atoms with Crippen molar-refractivity contribution < 1.29 is 9.90 Å². The first-order valence-corrected chi connectivity index (χ1v) is 8.73. The van der Waals surface area contributed by atoms with Crippen molar-refractivity contribution in [2.75, 3.05) is 0 Å². The Hall–Kier alpha value is -2.70. The van der Waals surface area contributed by atoms with E-state index in [0.29, 0.717) is 10.8 Å². The van der Waals surface area contributed by atoms with Crippen molar-refractivity contribution >= 4 is 39.9 Å². The van der Waals surface area contributed by atoms with Gasteiger partial charge in [0.2, 0.25) is 0 Å². The van der Waals surface area contributed by atoms with Crippen molar-refractivity contribution in [1.82, 2.24) is 14.5 Å². The summed E-state index contributed by atoms with van der Waals surface area (Å²) in [4.78, 5) is 21.1. The predicted molar refractivity (Wildman–Crippen MR) is 98.9 cm³/mol. The maximum atomic E-state index is 11.0. The van der Waals surface area contributed by atoms with E-state index in [1.54, 1.807) is 24.3 Å². The minimum absolute atomic E-state index is 0.247. The molecular formula is C18H12ClN3O2S. The Bertz CT molecular complexity index is 1100. The van der Waals surface area contributed by atoms with Crippen molar-refractivity contribution in [3.63, 3.8) is 0 Å². The quantitative estimate of drug-likeness (QED) is 0.562. The molecule has 4 aromatic rings. The highest BCUT2D eigenvalue weighted by atomic mass is 35.5. The minimum atomic E-state index is -0.947. The van der Waals surface area contributed by atoms with Crippen molar-refractivity contribution in [2.24, 2.45) is 0 Å². The molecule has 25 heavy (non-hydrogen) atoms. The molecule has 0 amide bonds. The highest BCUT2D eigenvalue weighted by Gasteiger charge is 2.14. The standard InChI is InChI=1S/C18H12ClN3O2S/c1-10-13-6-8-22(12-4-2-11(3-5-12)18(23)24)17(13)21-16(20-10)15-14(19)7-9-25-15/h2-9H,1H3,(H,23,24). The van der Waals surface area contributed by atoms with Gasteiger partial charge in [-0.3, -0.25) is 0 Å². The van der Waals surface area contributed by atoms with Crippen LogP contribution in [0.5, 0.6) is 0 Å². The third-order valence-electron chi connectivity index (χ3n) is 3.95. The number of fused-ring (bicyclic) bond motifs is 1. The number of hydrogen-bond donors (Lipinski definition) is 1. The molecule has 3 aromatic heterocycles. The number of carboxylic acids is 1. The number of carbonyl (C=O) groups is 1. The molecule has 1 aromatic carbocycles. The van der Waals surface area contributed by atoms with E-state index in [4.69, 9.17) is 21.7 Å². The Labute approximate surface area is 152 Å². The number of thiophene rings is 1. The van der Waals surface area contributed by atoms with Crippen LogP contribution in [-0.2, 0) is 0 Å². The molecule has 124 valence electrons. The first-order valence-electron chi connectivity index (χ1n) is 7.47. The van der Waals surface area contributed by atoms with E-state index in [0.717, 1.165) is 27.3 Å². The highest BCUT2D eigenvalue weighted by Crippen LogP contribution is 2.32. The molecule has 0 aliphatic rings. The number of nitrogens with zero attached hydrogens (tertiary/aromatic N) is 3. The number of aryl methyl sites for hydroxylation is 1. The fraction of sp³-hybridized carbons (Fsp3) is 0.0556. The van der Waals surface area contributed by atoms with Crippen molar-refractivity contribution in [1.29, 1.82) is 0 Å². The number of hydrogen-bond acceptors (Lipinski definition) is 4. The summed E-state index contributed by atoms with van der Waals surface area (Å²) >= 11 is 7.72. The molecule has 7 heteroatoms. The van der Waals surface area contributed by atoms with Gasteiger partial charge in [0.1, 0.15) is 5.65 Å². The molecule has 1 N–H and O–H groups in total. The lowest BCUT2D eigenvalue weighted by Crippen LogP contribution is -2.00. The maximum absolute atomic E-state index is 11.0. The van der Waals surface area contributed by atoms with Gasteiger partial charge in [0.25, 0.3) is 0 Å². The molecule has 0 saturated carbocycles. The molecule has 3 heterocycles. The number of halogens is 1. The van der Waals surface area contributed by atoms with Gasteiger partial charge < -0.3 is 9.67 Å². The monoisotopic (exact) mass is 369 g/mol. The van der Waals surface area contributed by atoms with E-state index >= 15 is 0 Å². The van der Waals surface area contributed by atoms with E-state index < -0.39 is 5.97 Å². The van der Waals surface area contributed by atoms with Crippen LogP contribution in [0, 0.1) is 6.92 Å². The Kier molecular flexibility index (Phi) is 3.78. The van der Waals surface area contributed by atoms with Crippen LogP contribution >= 0.6 is 22.9 Å². The van der Waals surface area contributed by atoms with Gasteiger partial charge in [-0.2, -0.15) is 0 Å². The topological polar surface area (TPSA) is 68.0 Å². The van der Waals surface area contributed by atoms with Crippen molar-refractivity contribution in [3.05, 3.63) is 64.3 Å². The van der Waals surface area contributed by atoms with E-state index in [9.17, 15) is 4.79 Å². The van der Waals surface area contributed by atoms with Crippen LogP contribution < -0.4 is 0 Å². The molecule has 0 saturated heterocycles. The molecule has 0 fully saturated rings. The zero-order valence-corrected chi connectivity index (χ0v) is 14.7. The van der Waals surface area contributed by atoms with Crippen molar-refractivity contribution in [2.45, 2.75) is 6.92 Å². The summed E-state index contributed by atoms with van der Waals surface area (Å²) < 4.78 is 1.92. The Morgan fingerprint density at radius 1 is 1.16 bits per heavy atom. The summed E-state index contributed by atoms with van der Waals surface area (Å²) in [6.45, 7) is 1.94. The summed E-state index contributed by atoms with van der Waals surface area (Å²) in [5.41, 5.74) is 2.71. The molecule has 0 atom stereocenters. The smallest absolute Gasteiger partial charge is 0.335 e. The Morgan fingerprint density at radius 3 is 2.56 bits per heavy atom. The largest absolute Gasteiger partial charge is 0.478 e. The molecule has 0 bridgehead atoms. The summed E-state index contributed by atoms with van der Waals surface area (Å²) in [5, 5.41) is 12.5. The van der Waals surface area contributed by atoms with Crippen LogP contribution in [-0.4, -0.2) is 25.6 Å². The van der Waals surface area contributed by atoms with Gasteiger partial charge in [-0.25, -0.2) is 14.8 Å². The Morgan fingerprint density at radius 2 is 1.92 bits per heavy atom. The van der Waals surface area contributed by atoms with Crippen molar-refractivity contribution in [3.8, 4) is 16.4 Å². The van der Waals surface area contributed by atoms with Crippen LogP contribution in [0.25, 0.3) is 27.4 Å². The van der Waals surface area contributed by atoms with Crippen LogP contribution in [0.15, 0.2) is 48.0 Å². The lowest BCUT2D eigenvalue weighted by atomic mass is 10.2. The lowest BCUT2D eigenvalue weighted by Gasteiger charge is -2.07. The van der Waals surface area contributed by atoms with Crippen LogP contribution in [0.4, 0.5) is 0 Å². The number of aromatic carboxylic acids is 1. The second-order valence-corrected chi connectivity index (χ2v) is 6.83. The normalized spacial score (nSPS) is 11.1. The summed E-state index contributed by atoms with van der Waals surface area (Å²) in [6.07, 6.45) is 1.90. The lowest BCUT2D eigenvalue weighted by molar-refractivity contribution is 0.0697. The molecule has 0 radical (unpaired) electrons. The third-order valence-corrected chi connectivity index (χ3v) is 5.28. The average Bonchev–Trinajstić information content (AvgIpc) is 3.21. The minimum Gasteiger partial charge on any atom is -0.478 e. The van der Waals surface area contributed by atoms with Crippen LogP contribution in [0.2, 0.25) is 5.02 Å². The van der Waals surface area contributed by atoms with E-state index in [2.05, 4.69) is 4.98 Å². The van der Waals surface area contributed by atoms with Gasteiger partial charge in [-0.05, 0) is 48.7 Å². The molecule has 0 unspecified atom stereocenters. The molecule has 4 rings (SSSR count). The number of aromatic nitrogens is 3. The van der Waals surface area contributed by atoms with E-state index in [-0.39, 0.29) is 5.56 Å². The second kappa shape index (κ2) is 5.98. The molecule has 0 aliphatic carbocycles. The number of carboxylic acid groups (broad SMARTS) is 1. The highest BCUT2D eigenvalue weighted by molar-refractivity contribution is 7.14. The SMILES string of the molecule is Cc1nc(-c2sccc2Cl)nc2c1ccn2-c1ccc(C(=O)O)cc1. The molecule has 0 spiro atoms. The van der Waals surface area contributed by atoms with Gasteiger partial charge in [-0.15, -0.1) is 11.3 Å². The van der Waals surface area contributed by atoms with Crippen LogP contribution in [0.1, 0.15) is 16.1 Å². The van der Waals surface area contributed by atoms with E-state index in [1.807, 2.05) is 35.2 Å². The summed E-state index contributed by atoms with van der Waals surface area (Å²) in [7, 11) is 0. The second-order valence-electron chi connectivity index (χ2n) is 5.51. The van der Waals surface area contributed by atoms with Gasteiger partial charge in [-0.1, -0.05) is 11.6 Å². The third kappa shape index (κ3) is 2.69. The summed E-state index contributed by atoms with van der Waals surface area (Å²) in [5.74, 6) is -0.358. The zero-order chi connectivity index (χ0) is 17.6. The van der Waals surface area contributed by atoms with Crippen LogP contribution in [0.3, 0.4) is 0 Å². The van der Waals surface area contributed by atoms with Gasteiger partial charge in [0.15, 0.2) is 5.82 Å². The summed E-state index contributed by atoms with van der Waals surface area (Å²) in [6, 6.07) is 10.5. The number of rotatable bonds is 3. The fourth-order valence-electron chi connectivity index (χ4n) is 2.69. The molecule has 5 nitrogen and oxygen atoms in total. The van der Waals surface area contributed by atoms with E-state index in [1.165, 1.54) is 11.3 Å². The fourth-order valence-corrected chi connectivity index (χ4v) is 3.77. The van der Waals surface area contributed by atoms with Gasteiger partial charge in [0.05, 0.1) is 21.2 Å². The molecule has 0 aliphatic heterocycles. The maximum Gasteiger partial charge on any atom is 0.335 e. The predicted octanol–water partition coefficient (Wildman–Crippen LogP) is 4.81. The average molecular weight is 370 g/mol. The van der Waals surface area contributed by atoms with Gasteiger partial charge >= 0.3 is 5.97 Å². The van der Waals surface area contributed by atoms with Gasteiger partial charge in [0, 0.05) is 17.3 Å². The first kappa shape index (κ1) is 15.8.